The van der Waals surface area contributed by atoms with Crippen molar-refractivity contribution in [3.05, 3.63) is 29.3 Å². The number of carbonyl (C=O) groups excluding carboxylic acids is 1. The van der Waals surface area contributed by atoms with Crippen molar-refractivity contribution in [3.8, 4) is 0 Å². The fourth-order valence-corrected chi connectivity index (χ4v) is 2.21. The Morgan fingerprint density at radius 3 is 2.65 bits per heavy atom. The third-order valence-corrected chi connectivity index (χ3v) is 3.40. The molecule has 0 aromatic heterocycles. The van der Waals surface area contributed by atoms with Gasteiger partial charge >= 0.3 is 0 Å². The normalized spacial score (nSPS) is 20.0. The molecule has 17 heavy (non-hydrogen) atoms. The van der Waals surface area contributed by atoms with Crippen LogP contribution in [-0.2, 0) is 4.79 Å². The number of benzene rings is 1. The Morgan fingerprint density at radius 2 is 2.06 bits per heavy atom. The molecule has 0 spiro atoms. The lowest BCUT2D eigenvalue weighted by Gasteiger charge is -2.27. The van der Waals surface area contributed by atoms with E-state index in [4.69, 9.17) is 11.6 Å². The molecule has 1 N–H and O–H groups in total. The number of hydrogen-bond acceptors (Lipinski definition) is 2. The number of carbonyl (C=O) groups is 1. The summed E-state index contributed by atoms with van der Waals surface area (Å²) in [5, 5.41) is 3.95. The van der Waals surface area contributed by atoms with Gasteiger partial charge < -0.3 is 10.2 Å². The van der Waals surface area contributed by atoms with Crippen molar-refractivity contribution in [2.75, 3.05) is 18.5 Å². The average Bonchev–Trinajstić information content (AvgIpc) is 2.39. The lowest BCUT2D eigenvalue weighted by molar-refractivity contribution is -0.120. The number of nitrogens with one attached hydrogen (secondary N) is 1. The number of halogens is 1. The highest BCUT2D eigenvalue weighted by molar-refractivity contribution is 6.30. The summed E-state index contributed by atoms with van der Waals surface area (Å²) in [5.41, 5.74) is 0.881. The van der Waals surface area contributed by atoms with Gasteiger partial charge in [0.1, 0.15) is 0 Å². The van der Waals surface area contributed by atoms with Gasteiger partial charge in [-0.25, -0.2) is 0 Å². The maximum Gasteiger partial charge on any atom is 0.243 e. The molecule has 2 rings (SSSR count). The summed E-state index contributed by atoms with van der Waals surface area (Å²) in [7, 11) is 1.81. The van der Waals surface area contributed by atoms with Crippen molar-refractivity contribution in [3.63, 3.8) is 0 Å². The first-order chi connectivity index (χ1) is 8.18. The molecule has 1 aromatic carbocycles. The molecule has 0 bridgehead atoms. The zero-order valence-electron chi connectivity index (χ0n) is 9.95. The largest absolute Gasteiger partial charge is 0.314 e. The van der Waals surface area contributed by atoms with Crippen molar-refractivity contribution < 1.29 is 4.79 Å². The summed E-state index contributed by atoms with van der Waals surface area (Å²) in [6.07, 6.45) is 3.21. The zero-order valence-corrected chi connectivity index (χ0v) is 10.7. The minimum Gasteiger partial charge on any atom is -0.314 e. The van der Waals surface area contributed by atoms with Crippen LogP contribution >= 0.6 is 11.6 Å². The number of anilines is 1. The Labute approximate surface area is 107 Å². The van der Waals surface area contributed by atoms with Crippen LogP contribution in [0.15, 0.2) is 24.3 Å². The molecule has 0 saturated carbocycles. The van der Waals surface area contributed by atoms with Gasteiger partial charge in [0.25, 0.3) is 0 Å². The standard InChI is InChI=1S/C13H17ClN2O/c1-16(11-7-5-10(14)6-8-11)13(17)12-4-2-3-9-15-12/h5-8,12,15H,2-4,9H2,1H3. The highest BCUT2D eigenvalue weighted by Gasteiger charge is 2.24. The Kier molecular flexibility index (Phi) is 4.02. The molecule has 1 fully saturated rings. The minimum atomic E-state index is -0.0376. The van der Waals surface area contributed by atoms with E-state index < -0.39 is 0 Å². The van der Waals surface area contributed by atoms with E-state index in [0.717, 1.165) is 31.5 Å². The van der Waals surface area contributed by atoms with Crippen LogP contribution in [0.2, 0.25) is 5.02 Å². The van der Waals surface area contributed by atoms with Crippen molar-refractivity contribution in [1.82, 2.24) is 5.32 Å². The lowest BCUT2D eigenvalue weighted by atomic mass is 10.0. The van der Waals surface area contributed by atoms with Gasteiger partial charge in [-0.3, -0.25) is 4.79 Å². The van der Waals surface area contributed by atoms with E-state index in [0.29, 0.717) is 5.02 Å². The van der Waals surface area contributed by atoms with E-state index in [1.807, 2.05) is 19.2 Å². The van der Waals surface area contributed by atoms with E-state index in [2.05, 4.69) is 5.32 Å². The van der Waals surface area contributed by atoms with Crippen LogP contribution in [-0.4, -0.2) is 25.5 Å². The van der Waals surface area contributed by atoms with Gasteiger partial charge in [0.2, 0.25) is 5.91 Å². The molecule has 1 amide bonds. The molecule has 92 valence electrons. The summed E-state index contributed by atoms with van der Waals surface area (Å²) in [5.74, 6) is 0.132. The number of piperidine rings is 1. The minimum absolute atomic E-state index is 0.0376. The molecular weight excluding hydrogens is 236 g/mol. The molecule has 1 unspecified atom stereocenters. The quantitative estimate of drug-likeness (QED) is 0.877. The van der Waals surface area contributed by atoms with Crippen molar-refractivity contribution >= 4 is 23.2 Å². The number of likely N-dealkylation sites (N-methyl/N-ethyl adjacent to an activating group) is 1. The van der Waals surface area contributed by atoms with Crippen LogP contribution in [0.3, 0.4) is 0 Å². The molecule has 3 nitrogen and oxygen atoms in total. The number of hydrogen-bond donors (Lipinski definition) is 1. The molecule has 0 radical (unpaired) electrons. The molecule has 1 aliphatic rings. The van der Waals surface area contributed by atoms with Crippen LogP contribution < -0.4 is 10.2 Å². The van der Waals surface area contributed by atoms with E-state index in [1.165, 1.54) is 0 Å². The summed E-state index contributed by atoms with van der Waals surface area (Å²) in [6, 6.07) is 7.29. The SMILES string of the molecule is CN(C(=O)C1CCCCN1)c1ccc(Cl)cc1. The molecule has 1 aliphatic heterocycles. The topological polar surface area (TPSA) is 32.3 Å². The molecule has 1 atom stereocenters. The molecule has 4 heteroatoms. The fraction of sp³-hybridized carbons (Fsp3) is 0.462. The van der Waals surface area contributed by atoms with Gasteiger partial charge in [0.15, 0.2) is 0 Å². The predicted octanol–water partition coefficient (Wildman–Crippen LogP) is 2.44. The zero-order chi connectivity index (χ0) is 12.3. The van der Waals surface area contributed by atoms with Gasteiger partial charge in [-0.1, -0.05) is 18.0 Å². The van der Waals surface area contributed by atoms with Gasteiger partial charge in [-0.05, 0) is 43.7 Å². The molecule has 1 aromatic rings. The predicted molar refractivity (Wildman–Crippen MR) is 70.5 cm³/mol. The third-order valence-electron chi connectivity index (χ3n) is 3.15. The first-order valence-electron chi connectivity index (χ1n) is 5.95. The van der Waals surface area contributed by atoms with E-state index in [1.54, 1.807) is 17.0 Å². The van der Waals surface area contributed by atoms with Crippen molar-refractivity contribution in [2.45, 2.75) is 25.3 Å². The maximum atomic E-state index is 12.2. The third kappa shape index (κ3) is 2.99. The van der Waals surface area contributed by atoms with E-state index >= 15 is 0 Å². The van der Waals surface area contributed by atoms with Crippen LogP contribution in [0.5, 0.6) is 0 Å². The monoisotopic (exact) mass is 252 g/mol. The Bertz CT molecular complexity index is 385. The fourth-order valence-electron chi connectivity index (χ4n) is 2.09. The second kappa shape index (κ2) is 5.52. The number of amides is 1. The molecular formula is C13H17ClN2O. The van der Waals surface area contributed by atoms with Crippen molar-refractivity contribution in [1.29, 1.82) is 0 Å². The number of nitrogens with zero attached hydrogens (tertiary/aromatic N) is 1. The summed E-state index contributed by atoms with van der Waals surface area (Å²) >= 11 is 5.83. The second-order valence-corrected chi connectivity index (χ2v) is 4.81. The van der Waals surface area contributed by atoms with E-state index in [-0.39, 0.29) is 11.9 Å². The smallest absolute Gasteiger partial charge is 0.243 e. The Balaban J connectivity index is 2.05. The Hall–Kier alpha value is -1.06. The maximum absolute atomic E-state index is 12.2. The van der Waals surface area contributed by atoms with Crippen LogP contribution in [0, 0.1) is 0 Å². The van der Waals surface area contributed by atoms with Gasteiger partial charge in [0, 0.05) is 17.8 Å². The summed E-state index contributed by atoms with van der Waals surface area (Å²) in [4.78, 5) is 13.9. The van der Waals surface area contributed by atoms with Crippen LogP contribution in [0.4, 0.5) is 5.69 Å². The average molecular weight is 253 g/mol. The summed E-state index contributed by atoms with van der Waals surface area (Å²) < 4.78 is 0. The molecule has 1 heterocycles. The second-order valence-electron chi connectivity index (χ2n) is 4.38. The van der Waals surface area contributed by atoms with Crippen molar-refractivity contribution in [2.24, 2.45) is 0 Å². The van der Waals surface area contributed by atoms with Gasteiger partial charge in [0.05, 0.1) is 6.04 Å². The van der Waals surface area contributed by atoms with Crippen LogP contribution in [0.25, 0.3) is 0 Å². The molecule has 1 saturated heterocycles. The Morgan fingerprint density at radius 1 is 1.35 bits per heavy atom. The summed E-state index contributed by atoms with van der Waals surface area (Å²) in [6.45, 7) is 0.935. The van der Waals surface area contributed by atoms with E-state index in [9.17, 15) is 4.79 Å². The molecule has 0 aliphatic carbocycles. The highest BCUT2D eigenvalue weighted by atomic mass is 35.5. The number of rotatable bonds is 2. The first-order valence-corrected chi connectivity index (χ1v) is 6.33. The van der Waals surface area contributed by atoms with Gasteiger partial charge in [-0.15, -0.1) is 0 Å². The lowest BCUT2D eigenvalue weighted by Crippen LogP contribution is -2.47. The first kappa shape index (κ1) is 12.4. The highest BCUT2D eigenvalue weighted by Crippen LogP contribution is 2.19. The van der Waals surface area contributed by atoms with Gasteiger partial charge in [-0.2, -0.15) is 0 Å². The van der Waals surface area contributed by atoms with Crippen LogP contribution in [0.1, 0.15) is 19.3 Å².